The number of rotatable bonds is 2. The quantitative estimate of drug-likeness (QED) is 0.905. The zero-order valence-corrected chi connectivity index (χ0v) is 12.0. The van der Waals surface area contributed by atoms with Gasteiger partial charge in [-0.05, 0) is 25.0 Å². The summed E-state index contributed by atoms with van der Waals surface area (Å²) >= 11 is 12.5. The summed E-state index contributed by atoms with van der Waals surface area (Å²) in [4.78, 5) is 0. The standard InChI is InChI=1S/C14H16Cl2O3/c15-9-4-3-5-10(16)12(9)13-11(8-17)18-14(19-13)6-1-2-7-14/h3-5,11,13,17H,1-2,6-8H2/t11-,13+/m0/s1. The molecule has 1 aromatic carbocycles. The van der Waals surface area contributed by atoms with Crippen molar-refractivity contribution in [1.29, 1.82) is 0 Å². The first kappa shape index (κ1) is 13.7. The first-order valence-electron chi connectivity index (χ1n) is 6.56. The highest BCUT2D eigenvalue weighted by Crippen LogP contribution is 2.49. The second kappa shape index (κ2) is 5.23. The zero-order chi connectivity index (χ0) is 13.5. The molecule has 3 nitrogen and oxygen atoms in total. The van der Waals surface area contributed by atoms with E-state index >= 15 is 0 Å². The Balaban J connectivity index is 1.95. The Morgan fingerprint density at radius 1 is 1.16 bits per heavy atom. The monoisotopic (exact) mass is 302 g/mol. The second-order valence-corrected chi connectivity index (χ2v) is 5.94. The van der Waals surface area contributed by atoms with Crippen LogP contribution in [0.4, 0.5) is 0 Å². The van der Waals surface area contributed by atoms with E-state index in [1.54, 1.807) is 18.2 Å². The van der Waals surface area contributed by atoms with Gasteiger partial charge in [-0.25, -0.2) is 0 Å². The average molecular weight is 303 g/mol. The minimum atomic E-state index is -0.555. The highest BCUT2D eigenvalue weighted by molar-refractivity contribution is 6.36. The van der Waals surface area contributed by atoms with Crippen LogP contribution in [-0.2, 0) is 9.47 Å². The van der Waals surface area contributed by atoms with Gasteiger partial charge < -0.3 is 14.6 Å². The Hall–Kier alpha value is -0.320. The van der Waals surface area contributed by atoms with E-state index < -0.39 is 18.0 Å². The molecule has 5 heteroatoms. The fraction of sp³-hybridized carbons (Fsp3) is 0.571. The molecule has 1 saturated heterocycles. The fourth-order valence-electron chi connectivity index (χ4n) is 2.98. The largest absolute Gasteiger partial charge is 0.394 e. The lowest BCUT2D eigenvalue weighted by molar-refractivity contribution is -0.172. The number of ether oxygens (including phenoxy) is 2. The molecule has 0 amide bonds. The van der Waals surface area contributed by atoms with Gasteiger partial charge in [-0.15, -0.1) is 0 Å². The van der Waals surface area contributed by atoms with E-state index in [0.29, 0.717) is 15.6 Å². The van der Waals surface area contributed by atoms with Crippen molar-refractivity contribution in [1.82, 2.24) is 0 Å². The van der Waals surface area contributed by atoms with Gasteiger partial charge >= 0.3 is 0 Å². The van der Waals surface area contributed by atoms with Crippen LogP contribution in [0.3, 0.4) is 0 Å². The number of benzene rings is 1. The molecule has 1 spiro atoms. The molecule has 0 aromatic heterocycles. The summed E-state index contributed by atoms with van der Waals surface area (Å²) in [6, 6.07) is 5.35. The maximum Gasteiger partial charge on any atom is 0.169 e. The summed E-state index contributed by atoms with van der Waals surface area (Å²) in [6.07, 6.45) is 3.09. The van der Waals surface area contributed by atoms with Crippen LogP contribution in [0, 0.1) is 0 Å². The number of aliphatic hydroxyl groups is 1. The highest BCUT2D eigenvalue weighted by atomic mass is 35.5. The van der Waals surface area contributed by atoms with E-state index in [-0.39, 0.29) is 6.61 Å². The van der Waals surface area contributed by atoms with Crippen LogP contribution in [0.25, 0.3) is 0 Å². The molecule has 104 valence electrons. The van der Waals surface area contributed by atoms with Crippen molar-refractivity contribution in [3.63, 3.8) is 0 Å². The summed E-state index contributed by atoms with van der Waals surface area (Å²) in [7, 11) is 0. The van der Waals surface area contributed by atoms with Crippen LogP contribution < -0.4 is 0 Å². The molecule has 1 heterocycles. The third-order valence-corrected chi connectivity index (χ3v) is 4.53. The lowest BCUT2D eigenvalue weighted by atomic mass is 10.0. The number of halogens is 2. The molecule has 1 saturated carbocycles. The maximum absolute atomic E-state index is 9.53. The molecular weight excluding hydrogens is 287 g/mol. The number of aliphatic hydroxyl groups excluding tert-OH is 1. The molecule has 2 fully saturated rings. The van der Waals surface area contributed by atoms with Gasteiger partial charge in [0.05, 0.1) is 6.61 Å². The topological polar surface area (TPSA) is 38.7 Å². The Morgan fingerprint density at radius 2 is 1.79 bits per heavy atom. The van der Waals surface area contributed by atoms with E-state index in [2.05, 4.69) is 0 Å². The third kappa shape index (κ3) is 2.39. The van der Waals surface area contributed by atoms with Crippen LogP contribution in [0.15, 0.2) is 18.2 Å². The molecule has 1 aliphatic heterocycles. The van der Waals surface area contributed by atoms with Gasteiger partial charge in [0.25, 0.3) is 0 Å². The number of hydrogen-bond donors (Lipinski definition) is 1. The van der Waals surface area contributed by atoms with Crippen molar-refractivity contribution in [3.05, 3.63) is 33.8 Å². The van der Waals surface area contributed by atoms with Gasteiger partial charge in [-0.3, -0.25) is 0 Å². The molecule has 3 rings (SSSR count). The summed E-state index contributed by atoms with van der Waals surface area (Å²) in [5, 5.41) is 10.6. The highest BCUT2D eigenvalue weighted by Gasteiger charge is 2.50. The first-order valence-corrected chi connectivity index (χ1v) is 7.31. The minimum Gasteiger partial charge on any atom is -0.394 e. The van der Waals surface area contributed by atoms with E-state index in [1.807, 2.05) is 0 Å². The summed E-state index contributed by atoms with van der Waals surface area (Å²) in [5.41, 5.74) is 0.716. The molecule has 0 unspecified atom stereocenters. The Labute approximate surface area is 122 Å². The van der Waals surface area contributed by atoms with Crippen LogP contribution >= 0.6 is 23.2 Å². The van der Waals surface area contributed by atoms with Crippen molar-refractivity contribution in [2.75, 3.05) is 6.61 Å². The third-order valence-electron chi connectivity index (χ3n) is 3.88. The second-order valence-electron chi connectivity index (χ2n) is 5.13. The normalized spacial score (nSPS) is 29.2. The van der Waals surface area contributed by atoms with Crippen molar-refractivity contribution in [3.8, 4) is 0 Å². The summed E-state index contributed by atoms with van der Waals surface area (Å²) in [5.74, 6) is -0.555. The Morgan fingerprint density at radius 3 is 2.37 bits per heavy atom. The molecule has 2 aliphatic rings. The van der Waals surface area contributed by atoms with Crippen LogP contribution in [0.5, 0.6) is 0 Å². The van der Waals surface area contributed by atoms with Crippen molar-refractivity contribution < 1.29 is 14.6 Å². The average Bonchev–Trinajstić information content (AvgIpc) is 2.98. The smallest absolute Gasteiger partial charge is 0.169 e. The van der Waals surface area contributed by atoms with Gasteiger partial charge in [0.15, 0.2) is 5.79 Å². The summed E-state index contributed by atoms with van der Waals surface area (Å²) in [6.45, 7) is -0.103. The maximum atomic E-state index is 9.53. The molecule has 2 atom stereocenters. The predicted molar refractivity (Wildman–Crippen MR) is 73.4 cm³/mol. The Kier molecular flexibility index (Phi) is 3.76. The lowest BCUT2D eigenvalue weighted by Crippen LogP contribution is -2.27. The van der Waals surface area contributed by atoms with E-state index in [9.17, 15) is 5.11 Å². The zero-order valence-electron chi connectivity index (χ0n) is 10.4. The fourth-order valence-corrected chi connectivity index (χ4v) is 3.59. The molecule has 19 heavy (non-hydrogen) atoms. The molecule has 1 aliphatic carbocycles. The van der Waals surface area contributed by atoms with E-state index in [1.165, 1.54) is 0 Å². The minimum absolute atomic E-state index is 0.103. The first-order chi connectivity index (χ1) is 9.15. The van der Waals surface area contributed by atoms with Crippen molar-refractivity contribution in [2.24, 2.45) is 0 Å². The summed E-state index contributed by atoms with van der Waals surface area (Å²) < 4.78 is 12.1. The van der Waals surface area contributed by atoms with Crippen LogP contribution in [0.1, 0.15) is 37.4 Å². The predicted octanol–water partition coefficient (Wildman–Crippen LogP) is 3.71. The Bertz CT molecular complexity index is 452. The number of hydrogen-bond acceptors (Lipinski definition) is 3. The molecule has 1 aromatic rings. The molecule has 0 radical (unpaired) electrons. The molecule has 0 bridgehead atoms. The molecular formula is C14H16Cl2O3. The van der Waals surface area contributed by atoms with Gasteiger partial charge in [0, 0.05) is 28.5 Å². The van der Waals surface area contributed by atoms with Gasteiger partial charge in [-0.2, -0.15) is 0 Å². The molecule has 1 N–H and O–H groups in total. The van der Waals surface area contributed by atoms with Gasteiger partial charge in [0.2, 0.25) is 0 Å². The van der Waals surface area contributed by atoms with Crippen LogP contribution in [0.2, 0.25) is 10.0 Å². The van der Waals surface area contributed by atoms with Gasteiger partial charge in [0.1, 0.15) is 12.2 Å². The SMILES string of the molecule is OC[C@@H]1OC2(CCCC2)O[C@H]1c1c(Cl)cccc1Cl. The van der Waals surface area contributed by atoms with E-state index in [4.69, 9.17) is 32.7 Å². The van der Waals surface area contributed by atoms with Crippen LogP contribution in [-0.4, -0.2) is 23.6 Å². The van der Waals surface area contributed by atoms with Gasteiger partial charge in [-0.1, -0.05) is 29.3 Å². The lowest BCUT2D eigenvalue weighted by Gasteiger charge is -2.22. The van der Waals surface area contributed by atoms with E-state index in [0.717, 1.165) is 25.7 Å². The van der Waals surface area contributed by atoms with Crippen molar-refractivity contribution in [2.45, 2.75) is 43.7 Å². The van der Waals surface area contributed by atoms with Crippen molar-refractivity contribution >= 4 is 23.2 Å².